The Morgan fingerprint density at radius 2 is 1.93 bits per heavy atom. The number of imidazole rings is 1. The lowest BCUT2D eigenvalue weighted by Crippen LogP contribution is -2.45. The van der Waals surface area contributed by atoms with Crippen LogP contribution in [0.4, 0.5) is 27.7 Å². The van der Waals surface area contributed by atoms with Gasteiger partial charge in [0.05, 0.1) is 19.6 Å². The molecule has 0 saturated carbocycles. The zero-order valence-corrected chi connectivity index (χ0v) is 23.9. The van der Waals surface area contributed by atoms with Gasteiger partial charge in [0, 0.05) is 4.57 Å². The van der Waals surface area contributed by atoms with Crippen LogP contribution in [0.25, 0.3) is 11.2 Å². The maximum Gasteiger partial charge on any atom is 0.698 e. The third-order valence-electron chi connectivity index (χ3n) is 7.37. The van der Waals surface area contributed by atoms with Crippen molar-refractivity contribution in [1.82, 2.24) is 29.5 Å². The van der Waals surface area contributed by atoms with Gasteiger partial charge in [0.25, 0.3) is 5.56 Å². The number of aromatic amines is 1. The minimum Gasteiger partial charge on any atom is -0.387 e. The molecule has 0 spiro atoms. The highest BCUT2D eigenvalue weighted by molar-refractivity contribution is 7.47. The van der Waals surface area contributed by atoms with Crippen molar-refractivity contribution < 1.29 is 51.1 Å². The Bertz CT molecular complexity index is 1730. The highest BCUT2D eigenvalue weighted by atomic mass is 31.2. The molecule has 4 aliphatic rings. The predicted molar refractivity (Wildman–Crippen MR) is 143 cm³/mol. The Hall–Kier alpha value is -3.43. The number of phosphoric ester groups is 1. The fourth-order valence-corrected chi connectivity index (χ4v) is 7.08. The molecule has 4 aliphatic heterocycles. The van der Waals surface area contributed by atoms with Crippen LogP contribution in [0.15, 0.2) is 17.4 Å². The van der Waals surface area contributed by atoms with Crippen molar-refractivity contribution in [3.63, 3.8) is 0 Å². The number of H-pyrrole nitrogens is 1. The van der Waals surface area contributed by atoms with E-state index in [4.69, 9.17) is 39.0 Å². The quantitative estimate of drug-likeness (QED) is 0.177. The number of anilines is 4. The third-order valence-corrected chi connectivity index (χ3v) is 9.13. The molecule has 44 heavy (non-hydrogen) atoms. The highest BCUT2D eigenvalue weighted by Crippen LogP contribution is 2.51. The molecule has 21 nitrogen and oxygen atoms in total. The Labute approximate surface area is 245 Å². The molecule has 7 rings (SSSR count). The van der Waals surface area contributed by atoms with Gasteiger partial charge in [-0.2, -0.15) is 4.98 Å². The highest BCUT2D eigenvalue weighted by Gasteiger charge is 2.56. The topological polar surface area (TPSA) is 287 Å². The largest absolute Gasteiger partial charge is 0.698 e. The van der Waals surface area contributed by atoms with Crippen LogP contribution in [-0.2, 0) is 36.7 Å². The first kappa shape index (κ1) is 29.3. The Morgan fingerprint density at radius 3 is 2.75 bits per heavy atom. The van der Waals surface area contributed by atoms with Gasteiger partial charge in [0.1, 0.15) is 48.6 Å². The fraction of sp³-hybridized carbons (Fsp3) is 0.550. The number of nitrogens with one attached hydrogen (secondary N) is 2. The maximum absolute atomic E-state index is 15.8. The first-order valence-electron chi connectivity index (χ1n) is 12.9. The predicted octanol–water partition coefficient (Wildman–Crippen LogP) is -1.14. The number of nitrogens with two attached hydrogens (primary N) is 2. The molecule has 2 bridgehead atoms. The molecule has 10 atom stereocenters. The third kappa shape index (κ3) is 4.98. The van der Waals surface area contributed by atoms with Crippen molar-refractivity contribution in [2.75, 3.05) is 41.6 Å². The van der Waals surface area contributed by atoms with Gasteiger partial charge in [-0.25, -0.2) is 23.9 Å². The summed E-state index contributed by atoms with van der Waals surface area (Å²) < 4.78 is 75.8. The normalized spacial score (nSPS) is 36.7. The number of alkyl halides is 1. The van der Waals surface area contributed by atoms with E-state index in [9.17, 15) is 23.9 Å². The number of fused-ring (bicyclic) bond motifs is 5. The number of hydrogen-bond acceptors (Lipinski definition) is 18. The SMILES string of the molecule is Nc1nc2c(c(=O)[nH]1)NCN2C1OC2COP(=O)(O)OC3C(CO[P+](=O)OC1C2O)OC(n1cnc2c(N)ncnc21)C3F. The summed E-state index contributed by atoms with van der Waals surface area (Å²) in [5.41, 5.74) is 11.3. The standard InChI is InChI=1S/C20H23FN10O11P2/c21-8-12-7(40-18(8)30-4-26-9-14(22)24-3-25-15(9)30)1-37-43(34)41-13-11(32)6(2-38-44(35,36)42-12)39-19(13)31-5-27-10-16(31)28-20(23)29-17(10)33/h3-4,6-8,11-13,18-19,27,32H,1-2,5H2,(H5-,22,23,24,25,28,29,33,35,36)/p+1. The molecule has 3 aromatic rings. The lowest BCUT2D eigenvalue weighted by molar-refractivity contribution is -0.0490. The molecule has 0 amide bonds. The van der Waals surface area contributed by atoms with E-state index in [1.807, 2.05) is 0 Å². The van der Waals surface area contributed by atoms with E-state index in [0.29, 0.717) is 0 Å². The first-order valence-corrected chi connectivity index (χ1v) is 15.5. The minimum absolute atomic E-state index is 0.0308. The summed E-state index contributed by atoms with van der Waals surface area (Å²) in [6, 6.07) is 0. The van der Waals surface area contributed by atoms with E-state index in [1.165, 1.54) is 15.8 Å². The van der Waals surface area contributed by atoms with Gasteiger partial charge in [-0.15, -0.1) is 9.05 Å². The van der Waals surface area contributed by atoms with Crippen LogP contribution < -0.4 is 27.2 Å². The van der Waals surface area contributed by atoms with Crippen LogP contribution in [0.5, 0.6) is 0 Å². The number of rotatable bonds is 2. The summed E-state index contributed by atoms with van der Waals surface area (Å²) in [5.74, 6) is -0.125. The van der Waals surface area contributed by atoms with E-state index in [1.54, 1.807) is 0 Å². The lowest BCUT2D eigenvalue weighted by atomic mass is 10.1. The number of phosphoric acid groups is 1. The number of halogens is 1. The van der Waals surface area contributed by atoms with E-state index in [2.05, 4.69) is 30.2 Å². The number of nitrogens with zero attached hydrogens (tertiary/aromatic N) is 6. The number of ether oxygens (including phenoxy) is 2. The van der Waals surface area contributed by atoms with E-state index in [0.717, 1.165) is 6.33 Å². The summed E-state index contributed by atoms with van der Waals surface area (Å²) in [4.78, 5) is 42.6. The molecule has 8 N–H and O–H groups in total. The van der Waals surface area contributed by atoms with Gasteiger partial charge >= 0.3 is 16.1 Å². The van der Waals surface area contributed by atoms with Gasteiger partial charge in [-0.3, -0.25) is 23.4 Å². The van der Waals surface area contributed by atoms with E-state index >= 15 is 4.39 Å². The maximum atomic E-state index is 15.8. The van der Waals surface area contributed by atoms with Gasteiger partial charge in [0.15, 0.2) is 42.0 Å². The number of nitrogen functional groups attached to an aromatic ring is 2. The summed E-state index contributed by atoms with van der Waals surface area (Å²) in [7, 11) is -8.10. The summed E-state index contributed by atoms with van der Waals surface area (Å²) >= 11 is 0. The van der Waals surface area contributed by atoms with Crippen LogP contribution in [0.1, 0.15) is 6.23 Å². The number of aliphatic hydroxyl groups is 1. The number of aliphatic hydroxyl groups excluding tert-OH is 1. The Morgan fingerprint density at radius 1 is 1.14 bits per heavy atom. The van der Waals surface area contributed by atoms with Crippen molar-refractivity contribution in [3.05, 3.63) is 23.0 Å². The van der Waals surface area contributed by atoms with Gasteiger partial charge < -0.3 is 41.2 Å². The zero-order chi connectivity index (χ0) is 30.9. The fourth-order valence-electron chi connectivity index (χ4n) is 5.37. The van der Waals surface area contributed by atoms with Gasteiger partial charge in [0.2, 0.25) is 5.95 Å². The van der Waals surface area contributed by atoms with Gasteiger partial charge in [-0.05, 0) is 0 Å². The molecule has 3 saturated heterocycles. The van der Waals surface area contributed by atoms with Crippen molar-refractivity contribution in [3.8, 4) is 0 Å². The Balaban J connectivity index is 1.16. The molecular weight excluding hydrogens is 637 g/mol. The first-order chi connectivity index (χ1) is 21.0. The second kappa shape index (κ2) is 10.9. The average molecular weight is 661 g/mol. The number of hydrogen-bond donors (Lipinski definition) is 6. The molecule has 0 aliphatic carbocycles. The van der Waals surface area contributed by atoms with Crippen LogP contribution in [0, 0.1) is 0 Å². The Kier molecular flexibility index (Phi) is 7.24. The molecule has 7 heterocycles. The molecule has 236 valence electrons. The van der Waals surface area contributed by atoms with Crippen molar-refractivity contribution >= 4 is 50.5 Å². The van der Waals surface area contributed by atoms with Crippen LogP contribution in [-0.4, -0.2) is 102 Å². The van der Waals surface area contributed by atoms with Crippen LogP contribution in [0.3, 0.4) is 0 Å². The summed E-state index contributed by atoms with van der Waals surface area (Å²) in [5, 5.41) is 13.8. The van der Waals surface area contributed by atoms with Gasteiger partial charge in [-0.1, -0.05) is 0 Å². The van der Waals surface area contributed by atoms with Crippen molar-refractivity contribution in [1.29, 1.82) is 0 Å². The average Bonchev–Trinajstić information content (AvgIpc) is 3.72. The molecule has 0 radical (unpaired) electrons. The molecule has 3 aromatic heterocycles. The second-order valence-corrected chi connectivity index (χ2v) is 12.3. The summed E-state index contributed by atoms with van der Waals surface area (Å²) in [6.45, 7) is -1.46. The molecule has 10 unspecified atom stereocenters. The molecule has 24 heteroatoms. The van der Waals surface area contributed by atoms with Crippen LogP contribution >= 0.6 is 16.1 Å². The minimum atomic E-state index is -5.06. The van der Waals surface area contributed by atoms with Crippen molar-refractivity contribution in [2.45, 2.75) is 49.1 Å². The van der Waals surface area contributed by atoms with Crippen LogP contribution in [0.2, 0.25) is 0 Å². The summed E-state index contributed by atoms with van der Waals surface area (Å²) in [6.07, 6.45) is -10.1. The van der Waals surface area contributed by atoms with E-state index < -0.39 is 84.0 Å². The van der Waals surface area contributed by atoms with Crippen molar-refractivity contribution in [2.24, 2.45) is 0 Å². The lowest BCUT2D eigenvalue weighted by Gasteiger charge is -2.27. The smallest absolute Gasteiger partial charge is 0.387 e. The zero-order valence-electron chi connectivity index (χ0n) is 22.1. The molecular formula is C20H24FN10O11P2+. The monoisotopic (exact) mass is 661 g/mol. The second-order valence-electron chi connectivity index (χ2n) is 10.0. The van der Waals surface area contributed by atoms with E-state index in [-0.39, 0.29) is 41.1 Å². The molecule has 3 fully saturated rings. The number of aromatic nitrogens is 6. The molecule has 0 aromatic carbocycles.